The SMILES string of the molecule is COc1ccccc1C(=O)NC1CCC(Oc2ncc(Cl)cn2)CC1. The van der Waals surface area contributed by atoms with Crippen molar-refractivity contribution in [2.45, 2.75) is 37.8 Å². The van der Waals surface area contributed by atoms with Crippen molar-refractivity contribution in [3.05, 3.63) is 47.2 Å². The van der Waals surface area contributed by atoms with Crippen LogP contribution in [0.4, 0.5) is 0 Å². The molecular formula is C18H20ClN3O3. The molecule has 1 aromatic heterocycles. The van der Waals surface area contributed by atoms with Crippen molar-refractivity contribution in [1.82, 2.24) is 15.3 Å². The topological polar surface area (TPSA) is 73.3 Å². The Kier molecular flexibility index (Phi) is 5.71. The van der Waals surface area contributed by atoms with Gasteiger partial charge in [-0.1, -0.05) is 23.7 Å². The number of amides is 1. The summed E-state index contributed by atoms with van der Waals surface area (Å²) < 4.78 is 11.0. The molecule has 1 aliphatic rings. The lowest BCUT2D eigenvalue weighted by Crippen LogP contribution is -2.39. The summed E-state index contributed by atoms with van der Waals surface area (Å²) in [6.07, 6.45) is 6.45. The van der Waals surface area contributed by atoms with Crippen LogP contribution in [0.25, 0.3) is 0 Å². The Morgan fingerprint density at radius 2 is 1.84 bits per heavy atom. The molecule has 0 saturated heterocycles. The highest BCUT2D eigenvalue weighted by molar-refractivity contribution is 6.30. The Hall–Kier alpha value is -2.34. The normalized spacial score (nSPS) is 19.9. The van der Waals surface area contributed by atoms with E-state index in [0.29, 0.717) is 22.3 Å². The standard InChI is InChI=1S/C18H20ClN3O3/c1-24-16-5-3-2-4-15(16)17(23)22-13-6-8-14(9-7-13)25-18-20-10-12(19)11-21-18/h2-5,10-11,13-14H,6-9H2,1H3,(H,22,23). The molecule has 0 bridgehead atoms. The smallest absolute Gasteiger partial charge is 0.316 e. The van der Waals surface area contributed by atoms with Gasteiger partial charge in [0.05, 0.1) is 30.1 Å². The molecule has 25 heavy (non-hydrogen) atoms. The van der Waals surface area contributed by atoms with Crippen molar-refractivity contribution >= 4 is 17.5 Å². The molecule has 0 aliphatic heterocycles. The lowest BCUT2D eigenvalue weighted by Gasteiger charge is -2.29. The fourth-order valence-electron chi connectivity index (χ4n) is 2.93. The second-order valence-corrected chi connectivity index (χ2v) is 6.39. The van der Waals surface area contributed by atoms with E-state index in [1.165, 1.54) is 12.4 Å². The lowest BCUT2D eigenvalue weighted by molar-refractivity contribution is 0.0882. The van der Waals surface area contributed by atoms with Gasteiger partial charge in [-0.3, -0.25) is 4.79 Å². The quantitative estimate of drug-likeness (QED) is 0.884. The number of methoxy groups -OCH3 is 1. The zero-order chi connectivity index (χ0) is 17.6. The zero-order valence-electron chi connectivity index (χ0n) is 13.9. The Labute approximate surface area is 151 Å². The minimum absolute atomic E-state index is 0.0561. The summed E-state index contributed by atoms with van der Waals surface area (Å²) in [7, 11) is 1.56. The molecule has 1 aromatic carbocycles. The third-order valence-corrected chi connectivity index (χ3v) is 4.42. The number of carbonyl (C=O) groups is 1. The number of ether oxygens (including phenoxy) is 2. The average molecular weight is 362 g/mol. The second-order valence-electron chi connectivity index (χ2n) is 5.95. The number of hydrogen-bond acceptors (Lipinski definition) is 5. The fourth-order valence-corrected chi connectivity index (χ4v) is 3.03. The van der Waals surface area contributed by atoms with E-state index >= 15 is 0 Å². The molecule has 1 amide bonds. The first-order valence-electron chi connectivity index (χ1n) is 8.24. The summed E-state index contributed by atoms with van der Waals surface area (Å²) in [5.41, 5.74) is 0.554. The van der Waals surface area contributed by atoms with E-state index in [2.05, 4.69) is 15.3 Å². The van der Waals surface area contributed by atoms with E-state index in [4.69, 9.17) is 21.1 Å². The van der Waals surface area contributed by atoms with Crippen molar-refractivity contribution in [2.24, 2.45) is 0 Å². The van der Waals surface area contributed by atoms with Gasteiger partial charge in [0.25, 0.3) is 5.91 Å². The van der Waals surface area contributed by atoms with Crippen LogP contribution < -0.4 is 14.8 Å². The van der Waals surface area contributed by atoms with Crippen molar-refractivity contribution in [2.75, 3.05) is 7.11 Å². The van der Waals surface area contributed by atoms with Gasteiger partial charge in [0.15, 0.2) is 0 Å². The van der Waals surface area contributed by atoms with E-state index in [0.717, 1.165) is 25.7 Å². The van der Waals surface area contributed by atoms with Gasteiger partial charge in [0.2, 0.25) is 0 Å². The maximum absolute atomic E-state index is 12.4. The lowest BCUT2D eigenvalue weighted by atomic mass is 9.92. The molecule has 0 radical (unpaired) electrons. The third-order valence-electron chi connectivity index (χ3n) is 4.23. The van der Waals surface area contributed by atoms with Crippen LogP contribution in [0, 0.1) is 0 Å². The Morgan fingerprint density at radius 3 is 2.52 bits per heavy atom. The minimum Gasteiger partial charge on any atom is -0.496 e. The van der Waals surface area contributed by atoms with Crippen LogP contribution in [0.15, 0.2) is 36.7 Å². The van der Waals surface area contributed by atoms with Crippen molar-refractivity contribution in [1.29, 1.82) is 0 Å². The summed E-state index contributed by atoms with van der Waals surface area (Å²) in [4.78, 5) is 20.5. The van der Waals surface area contributed by atoms with E-state index in [1.807, 2.05) is 12.1 Å². The molecule has 1 N–H and O–H groups in total. The fraction of sp³-hybridized carbons (Fsp3) is 0.389. The first kappa shape index (κ1) is 17.5. The van der Waals surface area contributed by atoms with Crippen molar-refractivity contribution in [3.63, 3.8) is 0 Å². The van der Waals surface area contributed by atoms with Gasteiger partial charge >= 0.3 is 6.01 Å². The molecule has 1 fully saturated rings. The van der Waals surface area contributed by atoms with Gasteiger partial charge in [0.1, 0.15) is 11.9 Å². The van der Waals surface area contributed by atoms with E-state index in [1.54, 1.807) is 19.2 Å². The molecule has 132 valence electrons. The van der Waals surface area contributed by atoms with Crippen molar-refractivity contribution < 1.29 is 14.3 Å². The second kappa shape index (κ2) is 8.16. The van der Waals surface area contributed by atoms with Gasteiger partial charge in [-0.15, -0.1) is 0 Å². The first-order chi connectivity index (χ1) is 12.2. The van der Waals surface area contributed by atoms with Crippen LogP contribution in [0.5, 0.6) is 11.8 Å². The van der Waals surface area contributed by atoms with Crippen LogP contribution >= 0.6 is 11.6 Å². The molecule has 0 spiro atoms. The monoisotopic (exact) mass is 361 g/mol. The number of halogens is 1. The largest absolute Gasteiger partial charge is 0.496 e. The minimum atomic E-state index is -0.108. The molecule has 7 heteroatoms. The maximum Gasteiger partial charge on any atom is 0.316 e. The summed E-state index contributed by atoms with van der Waals surface area (Å²) in [6, 6.07) is 7.69. The summed E-state index contributed by atoms with van der Waals surface area (Å²) >= 11 is 5.76. The highest BCUT2D eigenvalue weighted by Gasteiger charge is 2.25. The van der Waals surface area contributed by atoms with Crippen molar-refractivity contribution in [3.8, 4) is 11.8 Å². The van der Waals surface area contributed by atoms with Gasteiger partial charge in [-0.05, 0) is 37.8 Å². The summed E-state index contributed by atoms with van der Waals surface area (Å²) in [6.45, 7) is 0. The van der Waals surface area contributed by atoms with Crippen LogP contribution in [-0.4, -0.2) is 35.1 Å². The van der Waals surface area contributed by atoms with Gasteiger partial charge in [0, 0.05) is 6.04 Å². The van der Waals surface area contributed by atoms with E-state index < -0.39 is 0 Å². The van der Waals surface area contributed by atoms with Crippen LogP contribution in [-0.2, 0) is 0 Å². The summed E-state index contributed by atoms with van der Waals surface area (Å²) in [5.74, 6) is 0.472. The predicted octanol–water partition coefficient (Wildman–Crippen LogP) is 3.26. The highest BCUT2D eigenvalue weighted by Crippen LogP contribution is 2.24. The number of hydrogen-bond donors (Lipinski definition) is 1. The Morgan fingerprint density at radius 1 is 1.16 bits per heavy atom. The molecule has 6 nitrogen and oxygen atoms in total. The number of nitrogens with zero attached hydrogens (tertiary/aromatic N) is 2. The van der Waals surface area contributed by atoms with Crippen LogP contribution in [0.2, 0.25) is 5.02 Å². The van der Waals surface area contributed by atoms with E-state index in [9.17, 15) is 4.79 Å². The predicted molar refractivity (Wildman–Crippen MR) is 94.2 cm³/mol. The number of carbonyl (C=O) groups excluding carboxylic acids is 1. The number of nitrogens with one attached hydrogen (secondary N) is 1. The Balaban J connectivity index is 1.50. The highest BCUT2D eigenvalue weighted by atomic mass is 35.5. The van der Waals surface area contributed by atoms with Crippen LogP contribution in [0.3, 0.4) is 0 Å². The number of aromatic nitrogens is 2. The van der Waals surface area contributed by atoms with Gasteiger partial charge in [-0.2, -0.15) is 0 Å². The van der Waals surface area contributed by atoms with Gasteiger partial charge in [-0.25, -0.2) is 9.97 Å². The number of benzene rings is 1. The van der Waals surface area contributed by atoms with E-state index in [-0.39, 0.29) is 18.1 Å². The molecular weight excluding hydrogens is 342 g/mol. The molecule has 1 aliphatic carbocycles. The average Bonchev–Trinajstić information content (AvgIpc) is 2.65. The molecule has 3 rings (SSSR count). The van der Waals surface area contributed by atoms with Gasteiger partial charge < -0.3 is 14.8 Å². The Bertz CT molecular complexity index is 716. The maximum atomic E-state index is 12.4. The molecule has 1 heterocycles. The summed E-state index contributed by atoms with van der Waals surface area (Å²) in [5, 5.41) is 3.56. The van der Waals surface area contributed by atoms with Crippen LogP contribution in [0.1, 0.15) is 36.0 Å². The number of para-hydroxylation sites is 1. The third kappa shape index (κ3) is 4.60. The molecule has 1 saturated carbocycles. The number of rotatable bonds is 5. The molecule has 0 atom stereocenters. The molecule has 0 unspecified atom stereocenters. The first-order valence-corrected chi connectivity index (χ1v) is 8.61. The zero-order valence-corrected chi connectivity index (χ0v) is 14.7. The molecule has 2 aromatic rings.